The fraction of sp³-hybridized carbons (Fsp3) is 0.500. The molecule has 1 heterocycles. The average molecular weight is 251 g/mol. The third kappa shape index (κ3) is 2.38. The number of nitrogens with zero attached hydrogens (tertiary/aromatic N) is 1. The van der Waals surface area contributed by atoms with E-state index in [1.807, 2.05) is 42.2 Å². The van der Waals surface area contributed by atoms with Crippen LogP contribution in [0.4, 0.5) is 4.39 Å². The molecular weight excluding hydrogens is 233 g/mol. The number of halogens is 1. The number of ether oxygens (including phenoxy) is 1. The number of benzene rings is 1. The van der Waals surface area contributed by atoms with E-state index < -0.39 is 11.6 Å². The Morgan fingerprint density at radius 3 is 2.72 bits per heavy atom. The van der Waals surface area contributed by atoms with Crippen LogP contribution in [0.1, 0.15) is 24.9 Å². The summed E-state index contributed by atoms with van der Waals surface area (Å²) in [5, 5.41) is 0. The topological polar surface area (TPSA) is 29.5 Å². The predicted molar refractivity (Wildman–Crippen MR) is 66.9 cm³/mol. The number of carbonyl (C=O) groups excluding carboxylic acids is 1. The quantitative estimate of drug-likeness (QED) is 0.772. The van der Waals surface area contributed by atoms with Gasteiger partial charge in [0, 0.05) is 25.6 Å². The van der Waals surface area contributed by atoms with E-state index in [2.05, 4.69) is 4.74 Å². The molecule has 0 aromatic heterocycles. The van der Waals surface area contributed by atoms with Gasteiger partial charge >= 0.3 is 5.97 Å². The predicted octanol–water partition coefficient (Wildman–Crippen LogP) is 2.33. The molecule has 0 radical (unpaired) electrons. The third-order valence-corrected chi connectivity index (χ3v) is 3.63. The van der Waals surface area contributed by atoms with Crippen molar-refractivity contribution in [2.75, 3.05) is 20.2 Å². The van der Waals surface area contributed by atoms with E-state index in [1.165, 1.54) is 7.11 Å². The van der Waals surface area contributed by atoms with Crippen molar-refractivity contribution in [1.29, 1.82) is 0 Å². The summed E-state index contributed by atoms with van der Waals surface area (Å²) < 4.78 is 18.8. The zero-order valence-corrected chi connectivity index (χ0v) is 10.7. The van der Waals surface area contributed by atoms with Gasteiger partial charge in [0.05, 0.1) is 7.11 Å². The Morgan fingerprint density at radius 1 is 1.44 bits per heavy atom. The highest BCUT2D eigenvalue weighted by molar-refractivity contribution is 5.80. The van der Waals surface area contributed by atoms with Crippen LogP contribution in [0.15, 0.2) is 30.3 Å². The highest BCUT2D eigenvalue weighted by Gasteiger charge is 2.47. The number of carbonyl (C=O) groups is 1. The van der Waals surface area contributed by atoms with Crippen molar-refractivity contribution >= 4 is 5.97 Å². The zero-order valence-electron chi connectivity index (χ0n) is 10.7. The van der Waals surface area contributed by atoms with E-state index in [0.29, 0.717) is 6.54 Å². The van der Waals surface area contributed by atoms with Gasteiger partial charge in [0.2, 0.25) is 5.67 Å². The summed E-state index contributed by atoms with van der Waals surface area (Å²) in [4.78, 5) is 13.4. The molecule has 1 aliphatic heterocycles. The monoisotopic (exact) mass is 251 g/mol. The summed E-state index contributed by atoms with van der Waals surface area (Å²) in [6, 6.07) is 10.0. The normalized spacial score (nSPS) is 25.9. The molecule has 1 aromatic rings. The van der Waals surface area contributed by atoms with Crippen LogP contribution in [0.5, 0.6) is 0 Å². The number of esters is 1. The van der Waals surface area contributed by atoms with Gasteiger partial charge in [-0.1, -0.05) is 30.3 Å². The Labute approximate surface area is 107 Å². The molecule has 0 aliphatic carbocycles. The van der Waals surface area contributed by atoms with Crippen LogP contribution in [0.2, 0.25) is 0 Å². The van der Waals surface area contributed by atoms with E-state index in [0.717, 1.165) is 5.56 Å². The molecule has 1 fully saturated rings. The van der Waals surface area contributed by atoms with Crippen molar-refractivity contribution < 1.29 is 13.9 Å². The fourth-order valence-electron chi connectivity index (χ4n) is 2.42. The largest absolute Gasteiger partial charge is 0.467 e. The molecule has 1 unspecified atom stereocenters. The molecule has 0 N–H and O–H groups in total. The molecule has 1 aromatic carbocycles. The van der Waals surface area contributed by atoms with Crippen molar-refractivity contribution in [3.05, 3.63) is 35.9 Å². The SMILES string of the molecule is COC(=O)C1(F)CCN([C@@H](C)c2ccccc2)C1. The fourth-order valence-corrected chi connectivity index (χ4v) is 2.42. The average Bonchev–Trinajstić information content (AvgIpc) is 2.82. The molecule has 0 saturated carbocycles. The summed E-state index contributed by atoms with van der Waals surface area (Å²) in [5.74, 6) is -0.759. The minimum absolute atomic E-state index is 0.105. The van der Waals surface area contributed by atoms with Gasteiger partial charge in [0.1, 0.15) is 0 Å². The number of rotatable bonds is 3. The lowest BCUT2D eigenvalue weighted by Crippen LogP contribution is -2.38. The number of hydrogen-bond acceptors (Lipinski definition) is 3. The zero-order chi connectivity index (χ0) is 13.2. The molecule has 2 atom stereocenters. The number of hydrogen-bond donors (Lipinski definition) is 0. The van der Waals surface area contributed by atoms with E-state index in [4.69, 9.17) is 0 Å². The van der Waals surface area contributed by atoms with Gasteiger partial charge in [0.25, 0.3) is 0 Å². The first-order chi connectivity index (χ1) is 8.57. The molecule has 4 heteroatoms. The Hall–Kier alpha value is -1.42. The summed E-state index contributed by atoms with van der Waals surface area (Å²) in [7, 11) is 1.23. The second kappa shape index (κ2) is 5.06. The molecule has 1 saturated heterocycles. The van der Waals surface area contributed by atoms with Gasteiger partial charge in [-0.15, -0.1) is 0 Å². The van der Waals surface area contributed by atoms with Crippen molar-refractivity contribution in [1.82, 2.24) is 4.90 Å². The van der Waals surface area contributed by atoms with Crippen LogP contribution in [0, 0.1) is 0 Å². The van der Waals surface area contributed by atoms with E-state index in [-0.39, 0.29) is 19.0 Å². The minimum Gasteiger partial charge on any atom is -0.467 e. The third-order valence-electron chi connectivity index (χ3n) is 3.63. The molecule has 98 valence electrons. The highest BCUT2D eigenvalue weighted by atomic mass is 19.1. The van der Waals surface area contributed by atoms with Crippen LogP contribution in [0.3, 0.4) is 0 Å². The first-order valence-corrected chi connectivity index (χ1v) is 6.13. The van der Waals surface area contributed by atoms with Gasteiger partial charge in [-0.05, 0) is 12.5 Å². The van der Waals surface area contributed by atoms with E-state index in [9.17, 15) is 9.18 Å². The maximum atomic E-state index is 14.3. The summed E-state index contributed by atoms with van der Waals surface area (Å²) in [6.07, 6.45) is 0.205. The summed E-state index contributed by atoms with van der Waals surface area (Å²) in [6.45, 7) is 2.70. The lowest BCUT2D eigenvalue weighted by molar-refractivity contribution is -0.153. The molecule has 0 amide bonds. The van der Waals surface area contributed by atoms with Crippen LogP contribution >= 0.6 is 0 Å². The summed E-state index contributed by atoms with van der Waals surface area (Å²) >= 11 is 0. The molecular formula is C14H18FNO2. The molecule has 2 rings (SSSR count). The van der Waals surface area contributed by atoms with Crippen LogP contribution in [-0.2, 0) is 9.53 Å². The van der Waals surface area contributed by atoms with Crippen LogP contribution < -0.4 is 0 Å². The second-order valence-electron chi connectivity index (χ2n) is 4.76. The summed E-state index contributed by atoms with van der Waals surface area (Å²) in [5.41, 5.74) is -0.718. The maximum absolute atomic E-state index is 14.3. The standard InChI is InChI=1S/C14H18FNO2/c1-11(12-6-4-3-5-7-12)16-9-8-14(15,10-16)13(17)18-2/h3-7,11H,8-10H2,1-2H3/t11-,14?/m0/s1. The van der Waals surface area contributed by atoms with Crippen molar-refractivity contribution in [3.8, 4) is 0 Å². The Kier molecular flexibility index (Phi) is 3.66. The Bertz CT molecular complexity index is 423. The molecule has 18 heavy (non-hydrogen) atoms. The van der Waals surface area contributed by atoms with Crippen molar-refractivity contribution in [2.24, 2.45) is 0 Å². The Balaban J connectivity index is 2.07. The van der Waals surface area contributed by atoms with E-state index >= 15 is 0 Å². The molecule has 0 spiro atoms. The number of likely N-dealkylation sites (tertiary alicyclic amines) is 1. The lowest BCUT2D eigenvalue weighted by atomic mass is 10.1. The van der Waals surface area contributed by atoms with E-state index in [1.54, 1.807) is 0 Å². The second-order valence-corrected chi connectivity index (χ2v) is 4.76. The van der Waals surface area contributed by atoms with Gasteiger partial charge in [-0.25, -0.2) is 9.18 Å². The van der Waals surface area contributed by atoms with Gasteiger partial charge in [-0.3, -0.25) is 4.90 Å². The minimum atomic E-state index is -1.85. The Morgan fingerprint density at radius 2 is 2.11 bits per heavy atom. The van der Waals surface area contributed by atoms with Gasteiger partial charge in [0.15, 0.2) is 0 Å². The first kappa shape index (κ1) is 13.0. The van der Waals surface area contributed by atoms with Gasteiger partial charge in [-0.2, -0.15) is 0 Å². The molecule has 1 aliphatic rings. The van der Waals surface area contributed by atoms with Crippen molar-refractivity contribution in [3.63, 3.8) is 0 Å². The van der Waals surface area contributed by atoms with Crippen LogP contribution in [-0.4, -0.2) is 36.7 Å². The maximum Gasteiger partial charge on any atom is 0.345 e. The van der Waals surface area contributed by atoms with Gasteiger partial charge < -0.3 is 4.74 Å². The smallest absolute Gasteiger partial charge is 0.345 e. The molecule has 0 bridgehead atoms. The van der Waals surface area contributed by atoms with Crippen molar-refractivity contribution in [2.45, 2.75) is 25.1 Å². The first-order valence-electron chi connectivity index (χ1n) is 6.13. The highest BCUT2D eigenvalue weighted by Crippen LogP contribution is 2.32. The number of alkyl halides is 1. The van der Waals surface area contributed by atoms with Crippen LogP contribution in [0.25, 0.3) is 0 Å². The number of methoxy groups -OCH3 is 1. The lowest BCUT2D eigenvalue weighted by Gasteiger charge is -2.25. The molecule has 3 nitrogen and oxygen atoms in total.